The first-order chi connectivity index (χ1) is 9.95. The first kappa shape index (κ1) is 15.1. The van der Waals surface area contributed by atoms with Crippen LogP contribution in [0.15, 0.2) is 42.5 Å². The highest BCUT2D eigenvalue weighted by atomic mass is 19.1. The van der Waals surface area contributed by atoms with Crippen LogP contribution in [-0.2, 0) is 6.54 Å². The Morgan fingerprint density at radius 3 is 2.48 bits per heavy atom. The van der Waals surface area contributed by atoms with Crippen LogP contribution in [0.25, 0.3) is 0 Å². The quantitative estimate of drug-likeness (QED) is 0.675. The van der Waals surface area contributed by atoms with E-state index in [-0.39, 0.29) is 11.7 Å². The summed E-state index contributed by atoms with van der Waals surface area (Å²) in [7, 11) is 0. The minimum absolute atomic E-state index is 0.0127. The van der Waals surface area contributed by atoms with Gasteiger partial charge in [0.05, 0.1) is 4.92 Å². The van der Waals surface area contributed by atoms with Gasteiger partial charge in [-0.2, -0.15) is 0 Å². The molecule has 0 bridgehead atoms. The molecule has 0 radical (unpaired) electrons. The van der Waals surface area contributed by atoms with E-state index >= 15 is 0 Å². The Kier molecular flexibility index (Phi) is 4.59. The predicted octanol–water partition coefficient (Wildman–Crippen LogP) is 3.72. The molecule has 2 aromatic carbocycles. The molecule has 6 heteroatoms. The SMILES string of the molecule is CC(NCc1cccc([N+](=O)[O-])c1)c1cc(F)cc(F)c1. The standard InChI is InChI=1S/C15H14F2N2O2/c1-10(12-6-13(16)8-14(17)7-12)18-9-11-3-2-4-15(5-11)19(20)21/h2-8,10,18H,9H2,1H3. The number of nitrogens with zero attached hydrogens (tertiary/aromatic N) is 1. The van der Waals surface area contributed by atoms with Crippen LogP contribution in [0.2, 0.25) is 0 Å². The van der Waals surface area contributed by atoms with Crippen molar-refractivity contribution >= 4 is 5.69 Å². The number of hydrogen-bond acceptors (Lipinski definition) is 3. The fraction of sp³-hybridized carbons (Fsp3) is 0.200. The maximum atomic E-state index is 13.2. The van der Waals surface area contributed by atoms with Gasteiger partial charge in [-0.3, -0.25) is 10.1 Å². The fourth-order valence-corrected chi connectivity index (χ4v) is 1.99. The van der Waals surface area contributed by atoms with Gasteiger partial charge in [0.25, 0.3) is 5.69 Å². The normalized spacial score (nSPS) is 12.1. The van der Waals surface area contributed by atoms with Crippen molar-refractivity contribution in [3.8, 4) is 0 Å². The molecule has 4 nitrogen and oxygen atoms in total. The molecule has 1 atom stereocenters. The first-order valence-corrected chi connectivity index (χ1v) is 6.38. The summed E-state index contributed by atoms with van der Waals surface area (Å²) in [5.41, 5.74) is 1.23. The summed E-state index contributed by atoms with van der Waals surface area (Å²) in [6.45, 7) is 2.13. The van der Waals surface area contributed by atoms with Crippen LogP contribution in [0.5, 0.6) is 0 Å². The van der Waals surface area contributed by atoms with Gasteiger partial charge in [-0.15, -0.1) is 0 Å². The lowest BCUT2D eigenvalue weighted by Gasteiger charge is -2.14. The molecule has 0 fully saturated rings. The first-order valence-electron chi connectivity index (χ1n) is 6.38. The summed E-state index contributed by atoms with van der Waals surface area (Å²) in [4.78, 5) is 10.2. The molecule has 110 valence electrons. The van der Waals surface area contributed by atoms with Crippen molar-refractivity contribution in [2.24, 2.45) is 0 Å². The molecule has 0 aliphatic heterocycles. The number of nitro groups is 1. The number of non-ortho nitro benzene ring substituents is 1. The number of nitrogens with one attached hydrogen (secondary N) is 1. The molecular formula is C15H14F2N2O2. The van der Waals surface area contributed by atoms with E-state index in [1.807, 2.05) is 0 Å². The van der Waals surface area contributed by atoms with Gasteiger partial charge >= 0.3 is 0 Å². The van der Waals surface area contributed by atoms with Crippen molar-refractivity contribution in [2.45, 2.75) is 19.5 Å². The molecule has 0 spiro atoms. The summed E-state index contributed by atoms with van der Waals surface area (Å²) < 4.78 is 26.3. The molecule has 0 aromatic heterocycles. The van der Waals surface area contributed by atoms with Gasteiger partial charge in [0.15, 0.2) is 0 Å². The summed E-state index contributed by atoms with van der Waals surface area (Å²) >= 11 is 0. The Morgan fingerprint density at radius 2 is 1.86 bits per heavy atom. The van der Waals surface area contributed by atoms with Gasteiger partial charge in [-0.1, -0.05) is 12.1 Å². The maximum absolute atomic E-state index is 13.2. The van der Waals surface area contributed by atoms with E-state index in [0.29, 0.717) is 12.1 Å². The zero-order chi connectivity index (χ0) is 15.4. The van der Waals surface area contributed by atoms with Crippen LogP contribution in [0.3, 0.4) is 0 Å². The van der Waals surface area contributed by atoms with Gasteiger partial charge in [-0.25, -0.2) is 8.78 Å². The van der Waals surface area contributed by atoms with Crippen molar-refractivity contribution in [1.29, 1.82) is 0 Å². The summed E-state index contributed by atoms with van der Waals surface area (Å²) in [6.07, 6.45) is 0. The highest BCUT2D eigenvalue weighted by molar-refractivity contribution is 5.34. The van der Waals surface area contributed by atoms with Crippen molar-refractivity contribution in [2.75, 3.05) is 0 Å². The molecule has 0 amide bonds. The number of rotatable bonds is 5. The maximum Gasteiger partial charge on any atom is 0.269 e. The van der Waals surface area contributed by atoms with Crippen molar-refractivity contribution in [1.82, 2.24) is 5.32 Å². The Hall–Kier alpha value is -2.34. The highest BCUT2D eigenvalue weighted by Crippen LogP contribution is 2.18. The summed E-state index contributed by atoms with van der Waals surface area (Å²) in [5.74, 6) is -1.26. The molecule has 21 heavy (non-hydrogen) atoms. The number of benzene rings is 2. The Bertz CT molecular complexity index is 642. The third-order valence-corrected chi connectivity index (χ3v) is 3.12. The molecule has 0 aliphatic rings. The van der Waals surface area contributed by atoms with E-state index in [1.54, 1.807) is 19.1 Å². The number of nitro benzene ring substituents is 1. The molecular weight excluding hydrogens is 278 g/mol. The van der Waals surface area contributed by atoms with E-state index < -0.39 is 16.6 Å². The second kappa shape index (κ2) is 6.41. The second-order valence-electron chi connectivity index (χ2n) is 4.73. The molecule has 1 unspecified atom stereocenters. The van der Waals surface area contributed by atoms with Crippen molar-refractivity contribution in [3.63, 3.8) is 0 Å². The minimum atomic E-state index is -0.631. The summed E-state index contributed by atoms with van der Waals surface area (Å²) in [5, 5.41) is 13.8. The highest BCUT2D eigenvalue weighted by Gasteiger charge is 2.10. The summed E-state index contributed by atoms with van der Waals surface area (Å²) in [6, 6.07) is 9.27. The van der Waals surface area contributed by atoms with Gasteiger partial charge in [0.2, 0.25) is 0 Å². The van der Waals surface area contributed by atoms with Crippen LogP contribution in [0.1, 0.15) is 24.1 Å². The minimum Gasteiger partial charge on any atom is -0.306 e. The predicted molar refractivity (Wildman–Crippen MR) is 74.7 cm³/mol. The van der Waals surface area contributed by atoms with Gasteiger partial charge < -0.3 is 5.32 Å². The molecule has 2 rings (SSSR count). The second-order valence-corrected chi connectivity index (χ2v) is 4.73. The number of halogens is 2. The van der Waals surface area contributed by atoms with Gasteiger partial charge in [0.1, 0.15) is 11.6 Å². The van der Waals surface area contributed by atoms with Gasteiger partial charge in [-0.05, 0) is 30.2 Å². The Balaban J connectivity index is 2.05. The number of hydrogen-bond donors (Lipinski definition) is 1. The monoisotopic (exact) mass is 292 g/mol. The van der Waals surface area contributed by atoms with E-state index in [2.05, 4.69) is 5.32 Å². The van der Waals surface area contributed by atoms with E-state index in [4.69, 9.17) is 0 Å². The van der Waals surface area contributed by atoms with Crippen molar-refractivity contribution in [3.05, 3.63) is 75.3 Å². The third-order valence-electron chi connectivity index (χ3n) is 3.12. The Labute approximate surface area is 120 Å². The molecule has 0 heterocycles. The van der Waals surface area contributed by atoms with Crippen LogP contribution < -0.4 is 5.32 Å². The molecule has 0 saturated heterocycles. The molecule has 0 aliphatic carbocycles. The zero-order valence-electron chi connectivity index (χ0n) is 11.3. The lowest BCUT2D eigenvalue weighted by molar-refractivity contribution is -0.384. The van der Waals surface area contributed by atoms with E-state index in [0.717, 1.165) is 11.6 Å². The van der Waals surface area contributed by atoms with Crippen LogP contribution in [0.4, 0.5) is 14.5 Å². The topological polar surface area (TPSA) is 55.2 Å². The van der Waals surface area contributed by atoms with Gasteiger partial charge in [0, 0.05) is 30.8 Å². The zero-order valence-corrected chi connectivity index (χ0v) is 11.3. The molecule has 2 aromatic rings. The van der Waals surface area contributed by atoms with Crippen molar-refractivity contribution < 1.29 is 13.7 Å². The van der Waals surface area contributed by atoms with Crippen LogP contribution in [0, 0.1) is 21.7 Å². The smallest absolute Gasteiger partial charge is 0.269 e. The average molecular weight is 292 g/mol. The molecule has 0 saturated carbocycles. The Morgan fingerprint density at radius 1 is 1.19 bits per heavy atom. The third kappa shape index (κ3) is 4.06. The van der Waals surface area contributed by atoms with E-state index in [9.17, 15) is 18.9 Å². The lowest BCUT2D eigenvalue weighted by Crippen LogP contribution is -2.18. The lowest BCUT2D eigenvalue weighted by atomic mass is 10.1. The largest absolute Gasteiger partial charge is 0.306 e. The molecule has 1 N–H and O–H groups in total. The van der Waals surface area contributed by atoms with Crippen LogP contribution in [-0.4, -0.2) is 4.92 Å². The fourth-order valence-electron chi connectivity index (χ4n) is 1.99. The van der Waals surface area contributed by atoms with Crippen LogP contribution >= 0.6 is 0 Å². The van der Waals surface area contributed by atoms with E-state index in [1.165, 1.54) is 24.3 Å². The average Bonchev–Trinajstić information content (AvgIpc) is 2.44.